The van der Waals surface area contributed by atoms with E-state index in [1.165, 1.54) is 77.0 Å². The standard InChI is InChI=1S/C26H54O6/c1-3-5-6-7-8-9-10-11-12-13-14-15-26(4-2)32-25-24-31-23-22-30-21-20-29-19-18-28-17-16-27/h26-27H,3-25H2,1-2H3. The lowest BCUT2D eigenvalue weighted by Gasteiger charge is -2.16. The van der Waals surface area contributed by atoms with Crippen molar-refractivity contribution in [3.05, 3.63) is 0 Å². The summed E-state index contributed by atoms with van der Waals surface area (Å²) in [5.74, 6) is 0. The maximum atomic E-state index is 8.57. The predicted molar refractivity (Wildman–Crippen MR) is 131 cm³/mol. The number of aliphatic hydroxyl groups is 1. The third-order valence-corrected chi connectivity index (χ3v) is 5.52. The molecule has 0 bridgehead atoms. The van der Waals surface area contributed by atoms with Gasteiger partial charge in [0, 0.05) is 0 Å². The molecule has 32 heavy (non-hydrogen) atoms. The Kier molecular flexibility index (Phi) is 28.6. The molecule has 0 saturated carbocycles. The van der Waals surface area contributed by atoms with Gasteiger partial charge in [-0.25, -0.2) is 0 Å². The van der Waals surface area contributed by atoms with Gasteiger partial charge in [-0.2, -0.15) is 0 Å². The first-order valence-electron chi connectivity index (χ1n) is 13.4. The zero-order chi connectivity index (χ0) is 23.4. The zero-order valence-corrected chi connectivity index (χ0v) is 21.3. The van der Waals surface area contributed by atoms with Crippen molar-refractivity contribution in [1.29, 1.82) is 0 Å². The van der Waals surface area contributed by atoms with E-state index >= 15 is 0 Å². The van der Waals surface area contributed by atoms with E-state index in [9.17, 15) is 0 Å². The minimum Gasteiger partial charge on any atom is -0.394 e. The number of hydrogen-bond acceptors (Lipinski definition) is 6. The van der Waals surface area contributed by atoms with Crippen LogP contribution in [0, 0.1) is 0 Å². The third-order valence-electron chi connectivity index (χ3n) is 5.52. The van der Waals surface area contributed by atoms with Crippen molar-refractivity contribution in [2.45, 2.75) is 103 Å². The average molecular weight is 463 g/mol. The monoisotopic (exact) mass is 462 g/mol. The normalized spacial score (nSPS) is 12.5. The molecule has 0 rings (SSSR count). The molecule has 1 atom stereocenters. The number of ether oxygens (including phenoxy) is 5. The first-order chi connectivity index (χ1) is 15.8. The van der Waals surface area contributed by atoms with Crippen molar-refractivity contribution >= 4 is 0 Å². The summed E-state index contributed by atoms with van der Waals surface area (Å²) in [6, 6.07) is 0. The molecule has 0 aromatic carbocycles. The summed E-state index contributed by atoms with van der Waals surface area (Å²) >= 11 is 0. The molecule has 6 heteroatoms. The number of hydrogen-bond donors (Lipinski definition) is 1. The Labute approximate surface area is 198 Å². The average Bonchev–Trinajstić information content (AvgIpc) is 2.81. The van der Waals surface area contributed by atoms with E-state index in [0.717, 1.165) is 6.42 Å². The van der Waals surface area contributed by atoms with Gasteiger partial charge in [0.25, 0.3) is 0 Å². The number of rotatable bonds is 28. The van der Waals surface area contributed by atoms with Crippen LogP contribution in [0.3, 0.4) is 0 Å². The van der Waals surface area contributed by atoms with Crippen molar-refractivity contribution in [1.82, 2.24) is 0 Å². The lowest BCUT2D eigenvalue weighted by Crippen LogP contribution is -2.17. The van der Waals surface area contributed by atoms with Crippen LogP contribution in [0.5, 0.6) is 0 Å². The van der Waals surface area contributed by atoms with Gasteiger partial charge in [0.15, 0.2) is 0 Å². The van der Waals surface area contributed by atoms with Gasteiger partial charge in [-0.3, -0.25) is 0 Å². The summed E-state index contributed by atoms with van der Waals surface area (Å²) in [6.45, 7) is 9.45. The fourth-order valence-corrected chi connectivity index (χ4v) is 3.54. The van der Waals surface area contributed by atoms with Crippen LogP contribution in [0.25, 0.3) is 0 Å². The topological polar surface area (TPSA) is 66.4 Å². The van der Waals surface area contributed by atoms with Gasteiger partial charge in [0.1, 0.15) is 0 Å². The molecule has 1 unspecified atom stereocenters. The van der Waals surface area contributed by atoms with Gasteiger partial charge in [0.05, 0.1) is 72.2 Å². The van der Waals surface area contributed by atoms with Gasteiger partial charge < -0.3 is 28.8 Å². The molecule has 0 amide bonds. The van der Waals surface area contributed by atoms with Crippen LogP contribution in [0.2, 0.25) is 0 Å². The second-order valence-corrected chi connectivity index (χ2v) is 8.40. The minimum atomic E-state index is 0.0483. The van der Waals surface area contributed by atoms with Gasteiger partial charge in [-0.1, -0.05) is 84.5 Å². The Morgan fingerprint density at radius 2 is 0.906 bits per heavy atom. The molecular formula is C26H54O6. The molecule has 0 aliphatic rings. The molecule has 0 radical (unpaired) electrons. The van der Waals surface area contributed by atoms with Crippen LogP contribution in [0.4, 0.5) is 0 Å². The fraction of sp³-hybridized carbons (Fsp3) is 1.00. The molecule has 194 valence electrons. The van der Waals surface area contributed by atoms with Gasteiger partial charge in [-0.05, 0) is 12.8 Å². The van der Waals surface area contributed by atoms with E-state index in [2.05, 4.69) is 13.8 Å². The van der Waals surface area contributed by atoms with Crippen LogP contribution in [0.15, 0.2) is 0 Å². The summed E-state index contributed by atoms with van der Waals surface area (Å²) in [4.78, 5) is 0. The maximum Gasteiger partial charge on any atom is 0.0704 e. The highest BCUT2D eigenvalue weighted by atomic mass is 16.6. The number of aliphatic hydroxyl groups excluding tert-OH is 1. The van der Waals surface area contributed by atoms with E-state index in [1.807, 2.05) is 0 Å². The van der Waals surface area contributed by atoms with Gasteiger partial charge in [0.2, 0.25) is 0 Å². The van der Waals surface area contributed by atoms with Crippen LogP contribution in [0.1, 0.15) is 97.3 Å². The molecule has 0 saturated heterocycles. The van der Waals surface area contributed by atoms with Crippen LogP contribution in [-0.4, -0.2) is 77.3 Å². The van der Waals surface area contributed by atoms with Crippen LogP contribution >= 0.6 is 0 Å². The largest absolute Gasteiger partial charge is 0.394 e. The maximum absolute atomic E-state index is 8.57. The predicted octanol–water partition coefficient (Wildman–Crippen LogP) is 5.54. The lowest BCUT2D eigenvalue weighted by atomic mass is 10.0. The van der Waals surface area contributed by atoms with E-state index in [1.54, 1.807) is 0 Å². The van der Waals surface area contributed by atoms with E-state index in [0.29, 0.717) is 65.6 Å². The first kappa shape index (κ1) is 31.8. The summed E-state index contributed by atoms with van der Waals surface area (Å²) < 4.78 is 27.5. The van der Waals surface area contributed by atoms with E-state index in [-0.39, 0.29) is 6.61 Å². The van der Waals surface area contributed by atoms with Crippen molar-refractivity contribution in [2.75, 3.05) is 66.1 Å². The molecule has 1 N–H and O–H groups in total. The Hall–Kier alpha value is -0.240. The van der Waals surface area contributed by atoms with Crippen molar-refractivity contribution in [2.24, 2.45) is 0 Å². The molecule has 0 spiro atoms. The Morgan fingerprint density at radius 1 is 0.500 bits per heavy atom. The Morgan fingerprint density at radius 3 is 1.34 bits per heavy atom. The van der Waals surface area contributed by atoms with E-state index < -0.39 is 0 Å². The molecule has 0 aromatic rings. The highest BCUT2D eigenvalue weighted by molar-refractivity contribution is 4.57. The molecule has 0 aromatic heterocycles. The molecule has 0 aliphatic heterocycles. The second-order valence-electron chi connectivity index (χ2n) is 8.40. The minimum absolute atomic E-state index is 0.0483. The summed E-state index contributed by atoms with van der Waals surface area (Å²) in [5.41, 5.74) is 0. The highest BCUT2D eigenvalue weighted by Crippen LogP contribution is 2.14. The SMILES string of the molecule is CCCCCCCCCCCCCC(CC)OCCOCCOCCOCCOCCO. The quantitative estimate of drug-likeness (QED) is 0.154. The molecule has 6 nitrogen and oxygen atoms in total. The smallest absolute Gasteiger partial charge is 0.0704 e. The molecular weight excluding hydrogens is 408 g/mol. The van der Waals surface area contributed by atoms with Crippen molar-refractivity contribution in [3.63, 3.8) is 0 Å². The second kappa shape index (κ2) is 28.8. The Bertz CT molecular complexity index is 329. The fourth-order valence-electron chi connectivity index (χ4n) is 3.54. The third kappa shape index (κ3) is 26.0. The summed E-state index contributed by atoms with van der Waals surface area (Å²) in [6.07, 6.45) is 17.8. The first-order valence-corrected chi connectivity index (χ1v) is 13.4. The molecule has 0 aliphatic carbocycles. The highest BCUT2D eigenvalue weighted by Gasteiger charge is 2.06. The Balaban J connectivity index is 3.26. The van der Waals surface area contributed by atoms with E-state index in [4.69, 9.17) is 28.8 Å². The molecule has 0 heterocycles. The zero-order valence-electron chi connectivity index (χ0n) is 21.3. The summed E-state index contributed by atoms with van der Waals surface area (Å²) in [5, 5.41) is 8.57. The van der Waals surface area contributed by atoms with Gasteiger partial charge >= 0.3 is 0 Å². The molecule has 0 fully saturated rings. The number of unbranched alkanes of at least 4 members (excludes halogenated alkanes) is 10. The lowest BCUT2D eigenvalue weighted by molar-refractivity contribution is -0.0259. The van der Waals surface area contributed by atoms with Gasteiger partial charge in [-0.15, -0.1) is 0 Å². The summed E-state index contributed by atoms with van der Waals surface area (Å²) in [7, 11) is 0. The van der Waals surface area contributed by atoms with Crippen LogP contribution < -0.4 is 0 Å². The van der Waals surface area contributed by atoms with Crippen molar-refractivity contribution < 1.29 is 28.8 Å². The van der Waals surface area contributed by atoms with Crippen molar-refractivity contribution in [3.8, 4) is 0 Å². The van der Waals surface area contributed by atoms with Crippen LogP contribution in [-0.2, 0) is 23.7 Å².